The van der Waals surface area contributed by atoms with E-state index in [2.05, 4.69) is 5.32 Å². The van der Waals surface area contributed by atoms with Crippen LogP contribution in [0, 0.1) is 11.3 Å². The number of carbonyl (C=O) groups is 1. The number of phenolic OH excluding ortho intramolecular Hbond substituents is 1. The van der Waals surface area contributed by atoms with Crippen LogP contribution in [-0.4, -0.2) is 17.6 Å². The van der Waals surface area contributed by atoms with Crippen molar-refractivity contribution in [3.05, 3.63) is 83.9 Å². The Morgan fingerprint density at radius 2 is 1.77 bits per heavy atom. The van der Waals surface area contributed by atoms with Gasteiger partial charge in [0.1, 0.15) is 23.1 Å². The molecule has 1 amide bonds. The van der Waals surface area contributed by atoms with Gasteiger partial charge in [-0.25, -0.2) is 0 Å². The van der Waals surface area contributed by atoms with E-state index in [-0.39, 0.29) is 17.1 Å². The third-order valence-corrected chi connectivity index (χ3v) is 4.05. The SMILES string of the molecule is CCOc1cc(C=C(C#N)C(=O)Nc2ccc(Oc3ccccc3)cc2)ccc1O. The van der Waals surface area contributed by atoms with E-state index in [1.807, 2.05) is 36.4 Å². The number of amides is 1. The van der Waals surface area contributed by atoms with Gasteiger partial charge in [-0.15, -0.1) is 0 Å². The Hall–Kier alpha value is -4.24. The first-order valence-corrected chi connectivity index (χ1v) is 9.31. The summed E-state index contributed by atoms with van der Waals surface area (Å²) in [5.74, 6) is 1.08. The Bertz CT molecular complexity index is 1080. The minimum atomic E-state index is -0.541. The summed E-state index contributed by atoms with van der Waals surface area (Å²) in [7, 11) is 0. The molecule has 30 heavy (non-hydrogen) atoms. The predicted molar refractivity (Wildman–Crippen MR) is 114 cm³/mol. The molecule has 0 saturated carbocycles. The molecule has 0 bridgehead atoms. The Labute approximate surface area is 174 Å². The summed E-state index contributed by atoms with van der Waals surface area (Å²) in [5, 5.41) is 21.9. The number of ether oxygens (including phenoxy) is 2. The van der Waals surface area contributed by atoms with Gasteiger partial charge in [0.2, 0.25) is 0 Å². The van der Waals surface area contributed by atoms with Gasteiger partial charge in [-0.3, -0.25) is 4.79 Å². The van der Waals surface area contributed by atoms with Crippen LogP contribution in [0.2, 0.25) is 0 Å². The third kappa shape index (κ3) is 5.40. The molecule has 150 valence electrons. The normalized spacial score (nSPS) is 10.7. The molecule has 0 heterocycles. The van der Waals surface area contributed by atoms with Crippen LogP contribution in [0.25, 0.3) is 6.08 Å². The molecular weight excluding hydrogens is 380 g/mol. The Morgan fingerprint density at radius 1 is 1.07 bits per heavy atom. The van der Waals surface area contributed by atoms with Gasteiger partial charge < -0.3 is 19.9 Å². The minimum absolute atomic E-state index is 0.00484. The lowest BCUT2D eigenvalue weighted by atomic mass is 10.1. The first-order valence-electron chi connectivity index (χ1n) is 9.31. The highest BCUT2D eigenvalue weighted by Gasteiger charge is 2.11. The Kier molecular flexibility index (Phi) is 6.70. The molecule has 0 saturated heterocycles. The van der Waals surface area contributed by atoms with Gasteiger partial charge in [0, 0.05) is 5.69 Å². The zero-order chi connectivity index (χ0) is 21.3. The minimum Gasteiger partial charge on any atom is -0.504 e. The number of carbonyl (C=O) groups excluding carboxylic acids is 1. The second kappa shape index (κ2) is 9.80. The number of benzene rings is 3. The van der Waals surface area contributed by atoms with E-state index in [1.165, 1.54) is 12.1 Å². The van der Waals surface area contributed by atoms with Crippen LogP contribution in [0.3, 0.4) is 0 Å². The van der Waals surface area contributed by atoms with Crippen molar-refractivity contribution in [2.75, 3.05) is 11.9 Å². The molecule has 0 aromatic heterocycles. The second-order valence-corrected chi connectivity index (χ2v) is 6.22. The summed E-state index contributed by atoms with van der Waals surface area (Å²) in [5.41, 5.74) is 1.02. The zero-order valence-electron chi connectivity index (χ0n) is 16.3. The van der Waals surface area contributed by atoms with E-state index in [4.69, 9.17) is 9.47 Å². The second-order valence-electron chi connectivity index (χ2n) is 6.22. The van der Waals surface area contributed by atoms with Gasteiger partial charge >= 0.3 is 0 Å². The molecule has 0 fully saturated rings. The molecule has 0 aliphatic heterocycles. The van der Waals surface area contributed by atoms with Crippen molar-refractivity contribution >= 4 is 17.7 Å². The van der Waals surface area contributed by atoms with E-state index < -0.39 is 5.91 Å². The molecular formula is C24H20N2O4. The maximum atomic E-state index is 12.5. The number of rotatable bonds is 7. The zero-order valence-corrected chi connectivity index (χ0v) is 16.3. The van der Waals surface area contributed by atoms with Crippen LogP contribution in [0.5, 0.6) is 23.0 Å². The fraction of sp³-hybridized carbons (Fsp3) is 0.0833. The standard InChI is InChI=1S/C24H20N2O4/c1-2-29-23-15-17(8-13-22(23)27)14-18(16-25)24(28)26-19-9-11-21(12-10-19)30-20-6-4-3-5-7-20/h3-15,27H,2H2,1H3,(H,26,28). The molecule has 0 radical (unpaired) electrons. The van der Waals surface area contributed by atoms with Crippen molar-refractivity contribution in [2.45, 2.75) is 6.92 Å². The molecule has 0 spiro atoms. The lowest BCUT2D eigenvalue weighted by Gasteiger charge is -2.08. The number of hydrogen-bond acceptors (Lipinski definition) is 5. The van der Waals surface area contributed by atoms with E-state index in [9.17, 15) is 15.2 Å². The van der Waals surface area contributed by atoms with Crippen molar-refractivity contribution in [2.24, 2.45) is 0 Å². The van der Waals surface area contributed by atoms with E-state index in [0.717, 1.165) is 0 Å². The lowest BCUT2D eigenvalue weighted by Crippen LogP contribution is -2.13. The van der Waals surface area contributed by atoms with Crippen LogP contribution < -0.4 is 14.8 Å². The molecule has 6 heteroatoms. The summed E-state index contributed by atoms with van der Waals surface area (Å²) in [6.45, 7) is 2.18. The molecule has 2 N–H and O–H groups in total. The molecule has 6 nitrogen and oxygen atoms in total. The third-order valence-electron chi connectivity index (χ3n) is 4.05. The number of nitriles is 1. The summed E-state index contributed by atoms with van der Waals surface area (Å²) >= 11 is 0. The Morgan fingerprint density at radius 3 is 2.43 bits per heavy atom. The van der Waals surface area contributed by atoms with Gasteiger partial charge in [-0.05, 0) is 67.1 Å². The summed E-state index contributed by atoms with van der Waals surface area (Å²) in [6.07, 6.45) is 1.43. The monoisotopic (exact) mass is 400 g/mol. The highest BCUT2D eigenvalue weighted by atomic mass is 16.5. The fourth-order valence-electron chi connectivity index (χ4n) is 2.64. The van der Waals surface area contributed by atoms with Crippen LogP contribution in [-0.2, 0) is 4.79 Å². The van der Waals surface area contributed by atoms with Crippen molar-refractivity contribution in [3.63, 3.8) is 0 Å². The number of anilines is 1. The number of nitrogens with zero attached hydrogens (tertiary/aromatic N) is 1. The summed E-state index contributed by atoms with van der Waals surface area (Å²) in [6, 6.07) is 22.7. The highest BCUT2D eigenvalue weighted by molar-refractivity contribution is 6.09. The van der Waals surface area contributed by atoms with Gasteiger partial charge in [0.15, 0.2) is 11.5 Å². The highest BCUT2D eigenvalue weighted by Crippen LogP contribution is 2.28. The predicted octanol–water partition coefficient (Wildman–Crippen LogP) is 5.13. The van der Waals surface area contributed by atoms with Crippen molar-refractivity contribution in [1.29, 1.82) is 5.26 Å². The molecule has 3 rings (SSSR count). The smallest absolute Gasteiger partial charge is 0.266 e. The van der Waals surface area contributed by atoms with Crippen LogP contribution >= 0.6 is 0 Å². The number of phenols is 1. The average molecular weight is 400 g/mol. The lowest BCUT2D eigenvalue weighted by molar-refractivity contribution is -0.112. The fourth-order valence-corrected chi connectivity index (χ4v) is 2.64. The van der Waals surface area contributed by atoms with Crippen molar-refractivity contribution < 1.29 is 19.4 Å². The molecule has 0 aliphatic rings. The maximum absolute atomic E-state index is 12.5. The van der Waals surface area contributed by atoms with Crippen molar-refractivity contribution in [1.82, 2.24) is 0 Å². The average Bonchev–Trinajstić information content (AvgIpc) is 2.76. The van der Waals surface area contributed by atoms with Crippen LogP contribution in [0.4, 0.5) is 5.69 Å². The van der Waals surface area contributed by atoms with Crippen LogP contribution in [0.15, 0.2) is 78.4 Å². The van der Waals surface area contributed by atoms with Gasteiger partial charge in [-0.1, -0.05) is 24.3 Å². The van der Waals surface area contributed by atoms with E-state index in [0.29, 0.717) is 29.4 Å². The number of nitrogens with one attached hydrogen (secondary N) is 1. The number of aromatic hydroxyl groups is 1. The summed E-state index contributed by atoms with van der Waals surface area (Å²) in [4.78, 5) is 12.5. The number of hydrogen-bond donors (Lipinski definition) is 2. The topological polar surface area (TPSA) is 91.6 Å². The number of para-hydroxylation sites is 1. The van der Waals surface area contributed by atoms with E-state index >= 15 is 0 Å². The quantitative estimate of drug-likeness (QED) is 0.424. The molecule has 3 aromatic carbocycles. The van der Waals surface area contributed by atoms with E-state index in [1.54, 1.807) is 43.3 Å². The van der Waals surface area contributed by atoms with Gasteiger partial charge in [0.05, 0.1) is 6.61 Å². The van der Waals surface area contributed by atoms with Crippen LogP contribution in [0.1, 0.15) is 12.5 Å². The van der Waals surface area contributed by atoms with Crippen molar-refractivity contribution in [3.8, 4) is 29.1 Å². The largest absolute Gasteiger partial charge is 0.504 e. The molecule has 0 atom stereocenters. The first kappa shape index (κ1) is 20.5. The molecule has 0 unspecified atom stereocenters. The summed E-state index contributed by atoms with van der Waals surface area (Å²) < 4.78 is 11.0. The molecule has 0 aliphatic carbocycles. The maximum Gasteiger partial charge on any atom is 0.266 e. The first-order chi connectivity index (χ1) is 14.6. The Balaban J connectivity index is 1.70. The van der Waals surface area contributed by atoms with Gasteiger partial charge in [0.25, 0.3) is 5.91 Å². The molecule has 3 aromatic rings. The van der Waals surface area contributed by atoms with Gasteiger partial charge in [-0.2, -0.15) is 5.26 Å².